The van der Waals surface area contributed by atoms with Gasteiger partial charge in [-0.15, -0.1) is 0 Å². The maximum Gasteiger partial charge on any atom is 0.257 e. The molecule has 1 heterocycles. The Hall–Kier alpha value is -1.79. The van der Waals surface area contributed by atoms with E-state index in [-0.39, 0.29) is 23.7 Å². The van der Waals surface area contributed by atoms with E-state index < -0.39 is 0 Å². The second-order valence-electron chi connectivity index (χ2n) is 5.49. The lowest BCUT2D eigenvalue weighted by atomic mass is 9.96. The van der Waals surface area contributed by atoms with Crippen molar-refractivity contribution < 1.29 is 19.1 Å². The zero-order chi connectivity index (χ0) is 17.0. The highest BCUT2D eigenvalue weighted by Crippen LogP contribution is 2.29. The van der Waals surface area contributed by atoms with Crippen molar-refractivity contribution in [2.24, 2.45) is 11.8 Å². The number of ether oxygens (including phenoxy) is 2. The smallest absolute Gasteiger partial charge is 0.257 e. The van der Waals surface area contributed by atoms with Gasteiger partial charge in [-0.2, -0.15) is 0 Å². The van der Waals surface area contributed by atoms with Crippen molar-refractivity contribution in [2.75, 3.05) is 41.0 Å². The SMILES string of the molecule is CNC(=O)[C@@H]1CN(C(=O)c2ccc(Cl)cc2OC)C[C@H]1COC. The quantitative estimate of drug-likeness (QED) is 0.880. The summed E-state index contributed by atoms with van der Waals surface area (Å²) in [5.41, 5.74) is 0.436. The van der Waals surface area contributed by atoms with E-state index in [1.54, 1.807) is 37.3 Å². The summed E-state index contributed by atoms with van der Waals surface area (Å²) in [6, 6.07) is 4.89. The monoisotopic (exact) mass is 340 g/mol. The minimum Gasteiger partial charge on any atom is -0.496 e. The van der Waals surface area contributed by atoms with Crippen LogP contribution in [0.25, 0.3) is 0 Å². The minimum atomic E-state index is -0.276. The number of likely N-dealkylation sites (tertiary alicyclic amines) is 1. The molecule has 126 valence electrons. The van der Waals surface area contributed by atoms with Crippen molar-refractivity contribution in [2.45, 2.75) is 0 Å². The highest BCUT2D eigenvalue weighted by molar-refractivity contribution is 6.30. The van der Waals surface area contributed by atoms with Gasteiger partial charge in [-0.25, -0.2) is 0 Å². The van der Waals surface area contributed by atoms with Gasteiger partial charge in [0.05, 0.1) is 25.2 Å². The summed E-state index contributed by atoms with van der Waals surface area (Å²) in [6.07, 6.45) is 0. The van der Waals surface area contributed by atoms with Crippen LogP contribution in [0.2, 0.25) is 5.02 Å². The minimum absolute atomic E-state index is 0.0257. The molecule has 1 saturated heterocycles. The Kier molecular flexibility index (Phi) is 5.85. The molecular weight excluding hydrogens is 320 g/mol. The average Bonchev–Trinajstić information content (AvgIpc) is 2.97. The number of nitrogens with one attached hydrogen (secondary N) is 1. The number of rotatable bonds is 5. The molecule has 1 aliphatic heterocycles. The van der Waals surface area contributed by atoms with E-state index in [4.69, 9.17) is 21.1 Å². The molecule has 1 N–H and O–H groups in total. The molecule has 7 heteroatoms. The van der Waals surface area contributed by atoms with Crippen molar-refractivity contribution in [1.29, 1.82) is 0 Å². The molecule has 0 aliphatic carbocycles. The predicted octanol–water partition coefficient (Wildman–Crippen LogP) is 1.43. The molecule has 1 aromatic rings. The summed E-state index contributed by atoms with van der Waals surface area (Å²) in [6.45, 7) is 1.26. The summed E-state index contributed by atoms with van der Waals surface area (Å²) in [5, 5.41) is 3.15. The molecule has 2 atom stereocenters. The van der Waals surface area contributed by atoms with Gasteiger partial charge in [0, 0.05) is 38.2 Å². The summed E-state index contributed by atoms with van der Waals surface area (Å²) >= 11 is 5.93. The molecule has 2 rings (SSSR count). The highest BCUT2D eigenvalue weighted by Gasteiger charge is 2.39. The van der Waals surface area contributed by atoms with Gasteiger partial charge in [-0.05, 0) is 18.2 Å². The van der Waals surface area contributed by atoms with Crippen LogP contribution in [0.3, 0.4) is 0 Å². The first-order valence-electron chi connectivity index (χ1n) is 7.35. The van der Waals surface area contributed by atoms with Gasteiger partial charge in [0.15, 0.2) is 0 Å². The molecule has 0 radical (unpaired) electrons. The van der Waals surface area contributed by atoms with Gasteiger partial charge in [-0.3, -0.25) is 9.59 Å². The highest BCUT2D eigenvalue weighted by atomic mass is 35.5. The third-order valence-electron chi connectivity index (χ3n) is 4.09. The Morgan fingerprint density at radius 1 is 1.35 bits per heavy atom. The molecule has 0 spiro atoms. The van der Waals surface area contributed by atoms with Crippen LogP contribution in [0.5, 0.6) is 5.75 Å². The summed E-state index contributed by atoms with van der Waals surface area (Å²) in [5.74, 6) is -0.130. The number of carbonyl (C=O) groups excluding carboxylic acids is 2. The maximum atomic E-state index is 12.8. The van der Waals surface area contributed by atoms with Crippen LogP contribution < -0.4 is 10.1 Å². The number of benzene rings is 1. The lowest BCUT2D eigenvalue weighted by Crippen LogP contribution is -2.34. The zero-order valence-electron chi connectivity index (χ0n) is 13.5. The fraction of sp³-hybridized carbons (Fsp3) is 0.500. The molecule has 0 bridgehead atoms. The summed E-state index contributed by atoms with van der Waals surface area (Å²) in [7, 11) is 4.68. The molecule has 0 saturated carbocycles. The Balaban J connectivity index is 2.22. The van der Waals surface area contributed by atoms with Crippen molar-refractivity contribution in [3.63, 3.8) is 0 Å². The molecule has 0 aromatic heterocycles. The molecule has 6 nitrogen and oxygen atoms in total. The van der Waals surface area contributed by atoms with Crippen LogP contribution >= 0.6 is 11.6 Å². The third-order valence-corrected chi connectivity index (χ3v) is 4.32. The van der Waals surface area contributed by atoms with E-state index in [1.807, 2.05) is 0 Å². The van der Waals surface area contributed by atoms with Gasteiger partial charge in [-0.1, -0.05) is 11.6 Å². The number of halogens is 1. The van der Waals surface area contributed by atoms with Crippen molar-refractivity contribution in [1.82, 2.24) is 10.2 Å². The fourth-order valence-electron chi connectivity index (χ4n) is 2.91. The first-order valence-corrected chi connectivity index (χ1v) is 7.73. The third kappa shape index (κ3) is 3.76. The Bertz CT molecular complexity index is 593. The van der Waals surface area contributed by atoms with Crippen LogP contribution in [-0.2, 0) is 9.53 Å². The normalized spacial score (nSPS) is 20.4. The number of methoxy groups -OCH3 is 2. The molecule has 23 heavy (non-hydrogen) atoms. The number of nitrogens with zero attached hydrogens (tertiary/aromatic N) is 1. The molecule has 2 amide bonds. The van der Waals surface area contributed by atoms with Crippen LogP contribution in [0, 0.1) is 11.8 Å². The fourth-order valence-corrected chi connectivity index (χ4v) is 3.08. The van der Waals surface area contributed by atoms with E-state index in [1.165, 1.54) is 7.11 Å². The number of amides is 2. The van der Waals surface area contributed by atoms with E-state index in [0.717, 1.165) is 0 Å². The van der Waals surface area contributed by atoms with Crippen molar-refractivity contribution in [3.8, 4) is 5.75 Å². The largest absolute Gasteiger partial charge is 0.496 e. The topological polar surface area (TPSA) is 67.9 Å². The first-order chi connectivity index (χ1) is 11.0. The van der Waals surface area contributed by atoms with E-state index in [9.17, 15) is 9.59 Å². The van der Waals surface area contributed by atoms with Gasteiger partial charge >= 0.3 is 0 Å². The number of hydrogen-bond donors (Lipinski definition) is 1. The lowest BCUT2D eigenvalue weighted by Gasteiger charge is -2.18. The van der Waals surface area contributed by atoms with Gasteiger partial charge in [0.2, 0.25) is 5.91 Å². The van der Waals surface area contributed by atoms with Crippen LogP contribution in [0.1, 0.15) is 10.4 Å². The second-order valence-corrected chi connectivity index (χ2v) is 5.93. The molecular formula is C16H21ClN2O4. The van der Waals surface area contributed by atoms with E-state index in [2.05, 4.69) is 5.32 Å². The number of hydrogen-bond acceptors (Lipinski definition) is 4. The predicted molar refractivity (Wildman–Crippen MR) is 86.8 cm³/mol. The first kappa shape index (κ1) is 17.6. The molecule has 1 aliphatic rings. The second kappa shape index (κ2) is 7.66. The number of carbonyl (C=O) groups is 2. The average molecular weight is 341 g/mol. The van der Waals surface area contributed by atoms with Crippen molar-refractivity contribution >= 4 is 23.4 Å². The standard InChI is InChI=1S/C16H21ClN2O4/c1-18-15(20)13-8-19(7-10(13)9-22-2)16(21)12-5-4-11(17)6-14(12)23-3/h4-6,10,13H,7-9H2,1-3H3,(H,18,20)/t10-,13+/m0/s1. The maximum absolute atomic E-state index is 12.8. The molecule has 1 aromatic carbocycles. The van der Waals surface area contributed by atoms with Crippen LogP contribution in [0.15, 0.2) is 18.2 Å². The van der Waals surface area contributed by atoms with Crippen LogP contribution in [-0.4, -0.2) is 57.7 Å². The lowest BCUT2D eigenvalue weighted by molar-refractivity contribution is -0.125. The van der Waals surface area contributed by atoms with Gasteiger partial charge in [0.25, 0.3) is 5.91 Å². The summed E-state index contributed by atoms with van der Waals surface area (Å²) in [4.78, 5) is 26.5. The Labute approximate surface area is 140 Å². The van der Waals surface area contributed by atoms with E-state index >= 15 is 0 Å². The molecule has 0 unspecified atom stereocenters. The van der Waals surface area contributed by atoms with Gasteiger partial charge in [0.1, 0.15) is 5.75 Å². The van der Waals surface area contributed by atoms with Crippen molar-refractivity contribution in [3.05, 3.63) is 28.8 Å². The van der Waals surface area contributed by atoms with Gasteiger partial charge < -0.3 is 19.7 Å². The molecule has 1 fully saturated rings. The Morgan fingerprint density at radius 2 is 2.09 bits per heavy atom. The van der Waals surface area contributed by atoms with E-state index in [0.29, 0.717) is 36.0 Å². The Morgan fingerprint density at radius 3 is 2.70 bits per heavy atom. The summed E-state index contributed by atoms with van der Waals surface area (Å²) < 4.78 is 10.4. The zero-order valence-corrected chi connectivity index (χ0v) is 14.2. The van der Waals surface area contributed by atoms with Crippen LogP contribution in [0.4, 0.5) is 0 Å².